The maximum Gasteiger partial charge on any atom is 0.324 e. The molecule has 0 aromatic rings. The average molecular weight is 292 g/mol. The monoisotopic (exact) mass is 292 g/mol. The van der Waals surface area contributed by atoms with Crippen LogP contribution in [0.3, 0.4) is 0 Å². The van der Waals surface area contributed by atoms with Crippen LogP contribution in [0.2, 0.25) is 0 Å². The van der Waals surface area contributed by atoms with Crippen LogP contribution in [-0.2, 0) is 19.1 Å². The van der Waals surface area contributed by atoms with Crippen molar-refractivity contribution < 1.29 is 19.1 Å². The van der Waals surface area contributed by atoms with E-state index in [1.807, 2.05) is 0 Å². The van der Waals surface area contributed by atoms with Crippen LogP contribution in [0.1, 0.15) is 57.8 Å². The summed E-state index contributed by atoms with van der Waals surface area (Å²) in [6.45, 7) is -0.220. The van der Waals surface area contributed by atoms with Gasteiger partial charge in [-0.15, -0.1) is 0 Å². The second kappa shape index (κ2) is 6.29. The minimum atomic E-state index is -1.11. The number of ketones is 2. The predicted octanol–water partition coefficient (Wildman–Crippen LogP) is 2.68. The van der Waals surface area contributed by atoms with Crippen molar-refractivity contribution in [3.8, 4) is 0 Å². The Bertz CT molecular complexity index is 426. The van der Waals surface area contributed by atoms with Crippen LogP contribution < -0.4 is 0 Å². The number of ether oxygens (including phenoxy) is 1. The second-order valence-corrected chi connectivity index (χ2v) is 7.00. The first-order valence-corrected chi connectivity index (χ1v) is 8.37. The van der Waals surface area contributed by atoms with Crippen molar-refractivity contribution in [2.75, 3.05) is 6.61 Å². The molecule has 4 atom stereocenters. The summed E-state index contributed by atoms with van der Waals surface area (Å²) in [4.78, 5) is 35.0. The van der Waals surface area contributed by atoms with E-state index >= 15 is 0 Å². The van der Waals surface area contributed by atoms with Crippen molar-refractivity contribution >= 4 is 17.5 Å². The molecule has 2 aliphatic carbocycles. The lowest BCUT2D eigenvalue weighted by Gasteiger charge is -2.39. The number of esters is 1. The first-order valence-electron chi connectivity index (χ1n) is 8.37. The molecule has 1 saturated heterocycles. The molecule has 1 aliphatic heterocycles. The molecule has 0 aromatic carbocycles. The third-order valence-corrected chi connectivity index (χ3v) is 5.68. The van der Waals surface area contributed by atoms with Crippen LogP contribution in [0, 0.1) is 23.7 Å². The molecule has 4 nitrogen and oxygen atoms in total. The van der Waals surface area contributed by atoms with Gasteiger partial charge in [0.2, 0.25) is 0 Å². The number of rotatable bonds is 4. The highest BCUT2D eigenvalue weighted by Crippen LogP contribution is 2.43. The lowest BCUT2D eigenvalue weighted by molar-refractivity contribution is -0.145. The summed E-state index contributed by atoms with van der Waals surface area (Å²) in [7, 11) is 0. The van der Waals surface area contributed by atoms with Crippen molar-refractivity contribution in [3.05, 3.63) is 0 Å². The predicted molar refractivity (Wildman–Crippen MR) is 76.5 cm³/mol. The van der Waals surface area contributed by atoms with E-state index in [9.17, 15) is 14.4 Å². The molecule has 21 heavy (non-hydrogen) atoms. The van der Waals surface area contributed by atoms with Gasteiger partial charge in [0.25, 0.3) is 0 Å². The normalized spacial score (nSPS) is 36.2. The van der Waals surface area contributed by atoms with E-state index in [2.05, 4.69) is 4.74 Å². The van der Waals surface area contributed by atoms with E-state index in [1.165, 1.54) is 44.9 Å². The Morgan fingerprint density at radius 1 is 1.05 bits per heavy atom. The van der Waals surface area contributed by atoms with Crippen molar-refractivity contribution in [2.24, 2.45) is 23.7 Å². The Labute approximate surface area is 125 Å². The topological polar surface area (TPSA) is 60.4 Å². The Morgan fingerprint density at radius 2 is 1.81 bits per heavy atom. The van der Waals surface area contributed by atoms with Crippen LogP contribution in [0.15, 0.2) is 0 Å². The number of hydrogen-bond donors (Lipinski definition) is 0. The molecule has 3 rings (SSSR count). The number of cyclic esters (lactones) is 1. The molecule has 0 aromatic heterocycles. The fraction of sp³-hybridized carbons (Fsp3) is 0.824. The maximum absolute atomic E-state index is 12.1. The zero-order valence-corrected chi connectivity index (χ0v) is 12.5. The van der Waals surface area contributed by atoms with Crippen LogP contribution in [0.4, 0.5) is 0 Å². The fourth-order valence-electron chi connectivity index (χ4n) is 4.47. The van der Waals surface area contributed by atoms with Crippen LogP contribution in [0.25, 0.3) is 0 Å². The molecule has 116 valence electrons. The Morgan fingerprint density at radius 3 is 2.52 bits per heavy atom. The minimum absolute atomic E-state index is 0.220. The third kappa shape index (κ3) is 3.19. The first kappa shape index (κ1) is 14.7. The lowest BCUT2D eigenvalue weighted by atomic mass is 9.66. The van der Waals surface area contributed by atoms with Crippen LogP contribution in [0.5, 0.6) is 0 Å². The summed E-state index contributed by atoms with van der Waals surface area (Å²) in [5.41, 5.74) is 0. The maximum atomic E-state index is 12.1. The Hall–Kier alpha value is -1.19. The lowest BCUT2D eigenvalue weighted by Crippen LogP contribution is -2.29. The van der Waals surface area contributed by atoms with Crippen LogP contribution in [-0.4, -0.2) is 24.1 Å². The van der Waals surface area contributed by atoms with E-state index in [4.69, 9.17) is 0 Å². The molecule has 0 amide bonds. The van der Waals surface area contributed by atoms with Crippen molar-refractivity contribution in [1.82, 2.24) is 0 Å². The Kier molecular flexibility index (Phi) is 4.41. The molecule has 1 unspecified atom stereocenters. The molecule has 3 fully saturated rings. The van der Waals surface area contributed by atoms with Crippen molar-refractivity contribution in [3.63, 3.8) is 0 Å². The van der Waals surface area contributed by atoms with Gasteiger partial charge < -0.3 is 4.74 Å². The summed E-state index contributed by atoms with van der Waals surface area (Å²) < 4.78 is 4.65. The number of carbonyl (C=O) groups is 3. The highest BCUT2D eigenvalue weighted by atomic mass is 16.5. The molecule has 2 saturated carbocycles. The summed E-state index contributed by atoms with van der Waals surface area (Å²) in [6.07, 6.45) is 10.4. The van der Waals surface area contributed by atoms with Crippen molar-refractivity contribution in [2.45, 2.75) is 57.8 Å². The molecular weight excluding hydrogens is 268 g/mol. The van der Waals surface area contributed by atoms with E-state index in [-0.39, 0.29) is 18.2 Å². The summed E-state index contributed by atoms with van der Waals surface area (Å²) >= 11 is 0. The molecule has 1 heterocycles. The zero-order valence-electron chi connectivity index (χ0n) is 12.5. The molecule has 0 radical (unpaired) electrons. The highest BCUT2D eigenvalue weighted by Gasteiger charge is 2.41. The first-order chi connectivity index (χ1) is 10.1. The summed E-state index contributed by atoms with van der Waals surface area (Å²) in [5, 5.41) is 0. The van der Waals surface area contributed by atoms with Gasteiger partial charge in [-0.25, -0.2) is 0 Å². The number of carbonyl (C=O) groups excluding carboxylic acids is 3. The molecule has 0 spiro atoms. The quantitative estimate of drug-likeness (QED) is 0.590. The summed E-state index contributed by atoms with van der Waals surface area (Å²) in [6, 6.07) is 0. The van der Waals surface area contributed by atoms with Gasteiger partial charge in [-0.3, -0.25) is 14.4 Å². The van der Waals surface area contributed by atoms with Gasteiger partial charge in [0.05, 0.1) is 0 Å². The largest absolute Gasteiger partial charge is 0.457 e. The van der Waals surface area contributed by atoms with Crippen LogP contribution >= 0.6 is 0 Å². The van der Waals surface area contributed by atoms with Gasteiger partial charge in [-0.2, -0.15) is 0 Å². The molecule has 0 bridgehead atoms. The highest BCUT2D eigenvalue weighted by molar-refractivity contribution is 6.20. The van der Waals surface area contributed by atoms with Gasteiger partial charge in [0, 0.05) is 6.42 Å². The third-order valence-electron chi connectivity index (χ3n) is 5.68. The minimum Gasteiger partial charge on any atom is -0.457 e. The molecule has 0 N–H and O–H groups in total. The van der Waals surface area contributed by atoms with E-state index in [0.29, 0.717) is 12.3 Å². The smallest absolute Gasteiger partial charge is 0.324 e. The second-order valence-electron chi connectivity index (χ2n) is 7.00. The van der Waals surface area contributed by atoms with Gasteiger partial charge >= 0.3 is 5.97 Å². The SMILES string of the molecule is O=C(CC[C@@H]1CC[C@H]2CCCC[C@@H]2C1)C1C(=O)COC1=O. The molecule has 3 aliphatic rings. The van der Waals surface area contributed by atoms with Gasteiger partial charge in [0.1, 0.15) is 0 Å². The number of Topliss-reactive ketones (excluding diaryl/α,β-unsaturated/α-hetero) is 2. The van der Waals surface area contributed by atoms with E-state index in [0.717, 1.165) is 18.3 Å². The fourth-order valence-corrected chi connectivity index (χ4v) is 4.47. The Balaban J connectivity index is 1.48. The van der Waals surface area contributed by atoms with Gasteiger partial charge in [-0.05, 0) is 37.0 Å². The van der Waals surface area contributed by atoms with Crippen molar-refractivity contribution in [1.29, 1.82) is 0 Å². The van der Waals surface area contributed by atoms with E-state index in [1.54, 1.807) is 0 Å². The zero-order chi connectivity index (χ0) is 14.8. The molecular formula is C17H24O4. The summed E-state index contributed by atoms with van der Waals surface area (Å²) in [5.74, 6) is 0.0230. The van der Waals surface area contributed by atoms with Gasteiger partial charge in [0.15, 0.2) is 24.1 Å². The number of hydrogen-bond acceptors (Lipinski definition) is 4. The molecule has 4 heteroatoms. The van der Waals surface area contributed by atoms with Gasteiger partial charge in [-0.1, -0.05) is 32.1 Å². The number of fused-ring (bicyclic) bond motifs is 1. The van der Waals surface area contributed by atoms with E-state index < -0.39 is 11.9 Å². The average Bonchev–Trinajstić information content (AvgIpc) is 2.84. The standard InChI is InChI=1S/C17H24O4/c18-14(16-15(19)10-21-17(16)20)8-6-11-5-7-12-3-1-2-4-13(12)9-11/h11-13,16H,1-10H2/t11-,12+,13+,16?/m0/s1.